The summed E-state index contributed by atoms with van der Waals surface area (Å²) in [5, 5.41) is 80.8. The van der Waals surface area contributed by atoms with Crippen LogP contribution in [0.1, 0.15) is 20.7 Å². The highest BCUT2D eigenvalue weighted by molar-refractivity contribution is 6.49. The molecule has 0 amide bonds. The van der Waals surface area contributed by atoms with Crippen LogP contribution in [0.2, 0.25) is 0 Å². The second-order valence-electron chi connectivity index (χ2n) is 10.0. The number of Topliss-reactive ketones (excluding diaryl/α,β-unsaturated/α-hetero) is 2. The van der Waals surface area contributed by atoms with E-state index in [1.165, 1.54) is 25.3 Å². The molecule has 2 heterocycles. The number of hydrogen-bond acceptors (Lipinski definition) is 16. The first-order chi connectivity index (χ1) is 20.9. The first-order valence-corrected chi connectivity index (χ1v) is 13.3. The molecule has 2 aromatic carbocycles. The van der Waals surface area contributed by atoms with Crippen LogP contribution in [0.3, 0.4) is 0 Å². The van der Waals surface area contributed by atoms with Crippen LogP contribution in [-0.2, 0) is 9.47 Å². The van der Waals surface area contributed by atoms with Gasteiger partial charge in [-0.2, -0.15) is 0 Å². The Kier molecular flexibility index (Phi) is 10.7. The Morgan fingerprint density at radius 1 is 0.659 bits per heavy atom. The Morgan fingerprint density at radius 3 is 1.57 bits per heavy atom. The maximum Gasteiger partial charge on any atom is 0.233 e. The van der Waals surface area contributed by atoms with Crippen LogP contribution in [0.15, 0.2) is 36.4 Å². The summed E-state index contributed by atoms with van der Waals surface area (Å²) in [6, 6.07) is 7.85. The van der Waals surface area contributed by atoms with Gasteiger partial charge >= 0.3 is 0 Å². The summed E-state index contributed by atoms with van der Waals surface area (Å²) in [7, 11) is 2.53. The van der Waals surface area contributed by atoms with Gasteiger partial charge in [0, 0.05) is 11.1 Å². The van der Waals surface area contributed by atoms with Crippen LogP contribution in [0.5, 0.6) is 23.0 Å². The van der Waals surface area contributed by atoms with Gasteiger partial charge in [0.2, 0.25) is 29.9 Å². The molecule has 44 heavy (non-hydrogen) atoms. The van der Waals surface area contributed by atoms with Crippen LogP contribution in [0.25, 0.3) is 0 Å². The Morgan fingerprint density at radius 2 is 1.14 bits per heavy atom. The van der Waals surface area contributed by atoms with Crippen molar-refractivity contribution in [2.75, 3.05) is 27.4 Å². The molecule has 2 saturated heterocycles. The molecule has 2 aliphatic heterocycles. The fourth-order valence-electron chi connectivity index (χ4n) is 4.69. The minimum atomic E-state index is -1.87. The first kappa shape index (κ1) is 33.5. The summed E-state index contributed by atoms with van der Waals surface area (Å²) in [6.07, 6.45) is -17.0. The molecule has 0 bridgehead atoms. The quantitative estimate of drug-likeness (QED) is 0.0921. The zero-order chi connectivity index (χ0) is 32.3. The van der Waals surface area contributed by atoms with Gasteiger partial charge in [0.05, 0.1) is 27.4 Å². The van der Waals surface area contributed by atoms with E-state index < -0.39 is 97.7 Å². The molecule has 0 unspecified atom stereocenters. The molecular formula is C28H34O16. The van der Waals surface area contributed by atoms with E-state index in [9.17, 15) is 50.4 Å². The van der Waals surface area contributed by atoms with Gasteiger partial charge in [-0.15, -0.1) is 0 Å². The topological polar surface area (TPSA) is 251 Å². The first-order valence-electron chi connectivity index (χ1n) is 13.3. The van der Waals surface area contributed by atoms with E-state index in [1.807, 2.05) is 0 Å². The third-order valence-electron chi connectivity index (χ3n) is 7.21. The fourth-order valence-corrected chi connectivity index (χ4v) is 4.69. The third kappa shape index (κ3) is 6.64. The van der Waals surface area contributed by atoms with E-state index in [1.54, 1.807) is 6.07 Å². The lowest BCUT2D eigenvalue weighted by Crippen LogP contribution is -2.60. The van der Waals surface area contributed by atoms with Crippen molar-refractivity contribution in [2.45, 2.75) is 61.4 Å². The standard InChI is InChI=1S/C28H34O16/c1-39-13-5-3-4-11(6-13)18(31)19(32)12-7-14(41-27-24(37)22(35)20(33)16(9-29)43-27)26(40-2)15(8-12)42-28-25(38)23(36)21(34)17(10-30)44-28/h3-8,16-17,20-25,27-30,33-38H,9-10H2,1-2H3/t16-,17-,20-,21-,22+,23+,24-,25-,27-,28-/m1/s1. The molecule has 2 aliphatic rings. The van der Waals surface area contributed by atoms with Gasteiger partial charge in [0.1, 0.15) is 54.6 Å². The van der Waals surface area contributed by atoms with Crippen molar-refractivity contribution < 1.29 is 78.9 Å². The predicted octanol–water partition coefficient (Wildman–Crippen LogP) is -2.87. The number of carbonyl (C=O) groups excluding carboxylic acids is 2. The monoisotopic (exact) mass is 626 g/mol. The summed E-state index contributed by atoms with van der Waals surface area (Å²) in [5.41, 5.74) is -0.393. The minimum Gasteiger partial charge on any atom is -0.497 e. The number of rotatable bonds is 11. The van der Waals surface area contributed by atoms with Crippen molar-refractivity contribution in [1.82, 2.24) is 0 Å². The molecule has 2 aromatic rings. The van der Waals surface area contributed by atoms with Crippen LogP contribution in [-0.4, -0.2) is 141 Å². The Balaban J connectivity index is 1.76. The van der Waals surface area contributed by atoms with Gasteiger partial charge in [-0.05, 0) is 24.3 Å². The smallest absolute Gasteiger partial charge is 0.233 e. The van der Waals surface area contributed by atoms with E-state index in [4.69, 9.17) is 28.4 Å². The second-order valence-corrected chi connectivity index (χ2v) is 10.0. The van der Waals surface area contributed by atoms with E-state index in [0.29, 0.717) is 5.75 Å². The van der Waals surface area contributed by atoms with Crippen molar-refractivity contribution in [2.24, 2.45) is 0 Å². The fraction of sp³-hybridized carbons (Fsp3) is 0.500. The summed E-state index contributed by atoms with van der Waals surface area (Å²) >= 11 is 0. The maximum atomic E-state index is 13.4. The largest absolute Gasteiger partial charge is 0.497 e. The van der Waals surface area contributed by atoms with Crippen molar-refractivity contribution in [1.29, 1.82) is 0 Å². The lowest BCUT2D eigenvalue weighted by molar-refractivity contribution is -0.279. The molecule has 4 rings (SSSR count). The number of ether oxygens (including phenoxy) is 6. The maximum absolute atomic E-state index is 13.4. The number of benzene rings is 2. The van der Waals surface area contributed by atoms with Crippen LogP contribution in [0, 0.1) is 0 Å². The van der Waals surface area contributed by atoms with Crippen LogP contribution < -0.4 is 18.9 Å². The zero-order valence-corrected chi connectivity index (χ0v) is 23.5. The summed E-state index contributed by atoms with van der Waals surface area (Å²) in [4.78, 5) is 26.6. The normalized spacial score (nSPS) is 32.0. The van der Waals surface area contributed by atoms with Crippen molar-refractivity contribution >= 4 is 11.6 Å². The molecule has 2 fully saturated rings. The third-order valence-corrected chi connectivity index (χ3v) is 7.21. The summed E-state index contributed by atoms with van der Waals surface area (Å²) in [5.74, 6) is -2.88. The highest BCUT2D eigenvalue weighted by atomic mass is 16.7. The molecule has 242 valence electrons. The van der Waals surface area contributed by atoms with Gasteiger partial charge in [-0.1, -0.05) is 12.1 Å². The number of aliphatic hydroxyl groups is 8. The number of carbonyl (C=O) groups is 2. The Bertz CT molecular complexity index is 1260. The number of ketones is 2. The molecule has 16 heteroatoms. The van der Waals surface area contributed by atoms with E-state index in [2.05, 4.69) is 0 Å². The van der Waals surface area contributed by atoms with Crippen molar-refractivity contribution in [3.63, 3.8) is 0 Å². The van der Waals surface area contributed by atoms with Crippen LogP contribution >= 0.6 is 0 Å². The van der Waals surface area contributed by atoms with Crippen LogP contribution in [0.4, 0.5) is 0 Å². The molecule has 16 nitrogen and oxygen atoms in total. The van der Waals surface area contributed by atoms with E-state index >= 15 is 0 Å². The molecule has 0 radical (unpaired) electrons. The van der Waals surface area contributed by atoms with Gasteiger partial charge in [-0.25, -0.2) is 0 Å². The summed E-state index contributed by atoms with van der Waals surface area (Å²) < 4.78 is 32.7. The zero-order valence-electron chi connectivity index (χ0n) is 23.5. The van der Waals surface area contributed by atoms with E-state index in [-0.39, 0.29) is 16.9 Å². The van der Waals surface area contributed by atoms with Gasteiger partial charge in [-0.3, -0.25) is 9.59 Å². The molecule has 0 spiro atoms. The SMILES string of the molecule is COc1cccc(C(=O)C(=O)c2cc(O[C@@H]3O[C@H](CO)[C@@H](O)[C@H](O)[C@H]3O)c(OC)c(O[C@@H]3O[C@H](CO)[C@@H](O)[C@H](O)[C@H]3O)c2)c1. The lowest BCUT2D eigenvalue weighted by Gasteiger charge is -2.40. The molecule has 8 N–H and O–H groups in total. The van der Waals surface area contributed by atoms with Crippen molar-refractivity contribution in [3.05, 3.63) is 47.5 Å². The Labute approximate surface area is 250 Å². The highest BCUT2D eigenvalue weighted by Crippen LogP contribution is 2.42. The average Bonchev–Trinajstić information content (AvgIpc) is 3.04. The highest BCUT2D eigenvalue weighted by Gasteiger charge is 2.47. The molecular weight excluding hydrogens is 592 g/mol. The number of methoxy groups -OCH3 is 2. The molecule has 0 saturated carbocycles. The van der Waals surface area contributed by atoms with Crippen molar-refractivity contribution in [3.8, 4) is 23.0 Å². The van der Waals surface area contributed by atoms with Gasteiger partial charge in [0.15, 0.2) is 11.5 Å². The lowest BCUT2D eigenvalue weighted by atomic mass is 9.98. The average molecular weight is 627 g/mol. The second kappa shape index (κ2) is 14.1. The molecule has 0 aromatic heterocycles. The number of hydrogen-bond donors (Lipinski definition) is 8. The van der Waals surface area contributed by atoms with E-state index in [0.717, 1.165) is 19.2 Å². The van der Waals surface area contributed by atoms with Gasteiger partial charge < -0.3 is 69.3 Å². The predicted molar refractivity (Wildman–Crippen MR) is 143 cm³/mol. The summed E-state index contributed by atoms with van der Waals surface area (Å²) in [6.45, 7) is -1.53. The minimum absolute atomic E-state index is 0.0297. The molecule has 10 atom stereocenters. The molecule has 0 aliphatic carbocycles. The Hall–Kier alpha value is -3.42. The number of aliphatic hydroxyl groups excluding tert-OH is 8. The van der Waals surface area contributed by atoms with Gasteiger partial charge in [0.25, 0.3) is 0 Å².